The summed E-state index contributed by atoms with van der Waals surface area (Å²) >= 11 is 0. The number of ether oxygens (including phenoxy) is 3. The van der Waals surface area contributed by atoms with Gasteiger partial charge in [-0.1, -0.05) is 48.5 Å². The van der Waals surface area contributed by atoms with Crippen molar-refractivity contribution in [1.29, 1.82) is 0 Å². The first kappa shape index (κ1) is 19.5. The van der Waals surface area contributed by atoms with Crippen molar-refractivity contribution in [1.82, 2.24) is 0 Å². The summed E-state index contributed by atoms with van der Waals surface area (Å²) in [5, 5.41) is 0. The molecule has 0 aliphatic rings. The highest BCUT2D eigenvalue weighted by Crippen LogP contribution is 2.18. The molecule has 0 unspecified atom stereocenters. The second-order valence-corrected chi connectivity index (χ2v) is 6.35. The second kappa shape index (κ2) is 10.2. The second-order valence-electron chi connectivity index (χ2n) is 6.35. The summed E-state index contributed by atoms with van der Waals surface area (Å²) in [4.78, 5) is 11.8. The Morgan fingerprint density at radius 3 is 2.21 bits per heavy atom. The van der Waals surface area contributed by atoms with Gasteiger partial charge in [0.1, 0.15) is 18.1 Å². The molecule has 0 aliphatic heterocycles. The number of hydrogen-bond acceptors (Lipinski definition) is 4. The van der Waals surface area contributed by atoms with Crippen molar-refractivity contribution in [3.63, 3.8) is 0 Å². The van der Waals surface area contributed by atoms with E-state index in [0.717, 1.165) is 29.9 Å². The first-order chi connectivity index (χ1) is 13.8. The lowest BCUT2D eigenvalue weighted by atomic mass is 10.1. The zero-order valence-electron chi connectivity index (χ0n) is 16.0. The van der Waals surface area contributed by atoms with E-state index in [1.165, 1.54) is 12.7 Å². The predicted octanol–water partition coefficient (Wildman–Crippen LogP) is 5.06. The van der Waals surface area contributed by atoms with E-state index < -0.39 is 0 Å². The Kier molecular flexibility index (Phi) is 7.08. The van der Waals surface area contributed by atoms with Crippen LogP contribution in [0.3, 0.4) is 0 Å². The summed E-state index contributed by atoms with van der Waals surface area (Å²) in [6.45, 7) is 1.00. The van der Waals surface area contributed by atoms with Crippen LogP contribution in [-0.2, 0) is 17.8 Å². The van der Waals surface area contributed by atoms with E-state index in [2.05, 4.69) is 12.1 Å². The van der Waals surface area contributed by atoms with E-state index in [4.69, 9.17) is 14.2 Å². The Hall–Kier alpha value is -3.27. The number of carbonyl (C=O) groups excluding carboxylic acids is 1. The molecule has 0 radical (unpaired) electrons. The van der Waals surface area contributed by atoms with Gasteiger partial charge in [-0.3, -0.25) is 0 Å². The number of rotatable bonds is 9. The molecule has 0 aliphatic carbocycles. The Morgan fingerprint density at radius 1 is 0.786 bits per heavy atom. The maximum atomic E-state index is 11.8. The van der Waals surface area contributed by atoms with Gasteiger partial charge in [0.15, 0.2) is 0 Å². The molecular weight excluding hydrogens is 352 g/mol. The number of para-hydroxylation sites is 1. The lowest BCUT2D eigenvalue weighted by Crippen LogP contribution is -2.07. The third kappa shape index (κ3) is 5.61. The van der Waals surface area contributed by atoms with Crippen LogP contribution in [0.25, 0.3) is 0 Å². The van der Waals surface area contributed by atoms with Crippen LogP contribution in [0.15, 0.2) is 78.9 Å². The Morgan fingerprint density at radius 2 is 1.46 bits per heavy atom. The van der Waals surface area contributed by atoms with Crippen LogP contribution in [0, 0.1) is 0 Å². The summed E-state index contributed by atoms with van der Waals surface area (Å²) in [6, 6.07) is 25.2. The van der Waals surface area contributed by atoms with Gasteiger partial charge in [0.2, 0.25) is 0 Å². The van der Waals surface area contributed by atoms with Gasteiger partial charge in [0.25, 0.3) is 0 Å². The molecule has 4 nitrogen and oxygen atoms in total. The van der Waals surface area contributed by atoms with E-state index in [-0.39, 0.29) is 5.97 Å². The molecular formula is C24H24O4. The first-order valence-corrected chi connectivity index (χ1v) is 9.32. The molecule has 0 amide bonds. The van der Waals surface area contributed by atoms with Crippen molar-refractivity contribution < 1.29 is 19.0 Å². The smallest absolute Gasteiger partial charge is 0.338 e. The number of methoxy groups -OCH3 is 1. The van der Waals surface area contributed by atoms with Crippen molar-refractivity contribution in [3.05, 3.63) is 95.6 Å². The summed E-state index contributed by atoms with van der Waals surface area (Å²) in [6.07, 6.45) is 1.89. The third-order valence-electron chi connectivity index (χ3n) is 4.36. The normalized spacial score (nSPS) is 10.3. The van der Waals surface area contributed by atoms with Crippen LogP contribution < -0.4 is 9.47 Å². The molecule has 0 atom stereocenters. The van der Waals surface area contributed by atoms with E-state index >= 15 is 0 Å². The van der Waals surface area contributed by atoms with E-state index in [1.807, 2.05) is 60.7 Å². The minimum atomic E-state index is -0.354. The Labute approximate surface area is 165 Å². The first-order valence-electron chi connectivity index (χ1n) is 9.32. The van der Waals surface area contributed by atoms with Crippen LogP contribution in [-0.4, -0.2) is 19.7 Å². The number of esters is 1. The van der Waals surface area contributed by atoms with E-state index in [9.17, 15) is 4.79 Å². The van der Waals surface area contributed by atoms with Crippen LogP contribution in [0.2, 0.25) is 0 Å². The largest absolute Gasteiger partial charge is 0.494 e. The third-order valence-corrected chi connectivity index (χ3v) is 4.36. The Bertz CT molecular complexity index is 873. The van der Waals surface area contributed by atoms with Gasteiger partial charge in [0, 0.05) is 5.56 Å². The number of hydrogen-bond donors (Lipinski definition) is 0. The van der Waals surface area contributed by atoms with Gasteiger partial charge < -0.3 is 14.2 Å². The van der Waals surface area contributed by atoms with Crippen molar-refractivity contribution >= 4 is 5.97 Å². The molecule has 0 saturated carbocycles. The molecule has 28 heavy (non-hydrogen) atoms. The van der Waals surface area contributed by atoms with Gasteiger partial charge in [-0.2, -0.15) is 0 Å². The molecule has 0 fully saturated rings. The zero-order valence-corrected chi connectivity index (χ0v) is 16.0. The molecule has 0 saturated heterocycles. The predicted molar refractivity (Wildman–Crippen MR) is 109 cm³/mol. The fourth-order valence-electron chi connectivity index (χ4n) is 2.85. The van der Waals surface area contributed by atoms with Gasteiger partial charge in [-0.15, -0.1) is 0 Å². The monoisotopic (exact) mass is 376 g/mol. The fraction of sp³-hybridized carbons (Fsp3) is 0.208. The van der Waals surface area contributed by atoms with E-state index in [0.29, 0.717) is 18.8 Å². The minimum Gasteiger partial charge on any atom is -0.494 e. The highest BCUT2D eigenvalue weighted by atomic mass is 16.5. The lowest BCUT2D eigenvalue weighted by Gasteiger charge is -2.10. The van der Waals surface area contributed by atoms with Crippen molar-refractivity contribution in [2.45, 2.75) is 19.4 Å². The molecule has 0 bridgehead atoms. The number of aryl methyl sites for hydroxylation is 1. The van der Waals surface area contributed by atoms with Crippen molar-refractivity contribution in [2.24, 2.45) is 0 Å². The highest BCUT2D eigenvalue weighted by molar-refractivity contribution is 5.90. The van der Waals surface area contributed by atoms with Crippen LogP contribution in [0.1, 0.15) is 27.9 Å². The molecule has 3 aromatic rings. The molecule has 3 aromatic carbocycles. The van der Waals surface area contributed by atoms with E-state index in [1.54, 1.807) is 6.07 Å². The standard InChI is InChI=1S/C24H24O4/c1-26-24(25)23-12-6-5-9-20(23)18-28-22-15-13-19(14-16-22)8-7-17-27-21-10-3-2-4-11-21/h2-6,9-16H,7-8,17-18H2,1H3. The molecule has 144 valence electrons. The SMILES string of the molecule is COC(=O)c1ccccc1COc1ccc(CCCOc2ccccc2)cc1. The van der Waals surface area contributed by atoms with Crippen LogP contribution in [0.4, 0.5) is 0 Å². The summed E-state index contributed by atoms with van der Waals surface area (Å²) in [7, 11) is 1.38. The van der Waals surface area contributed by atoms with Gasteiger partial charge in [-0.25, -0.2) is 4.79 Å². The molecule has 0 aromatic heterocycles. The van der Waals surface area contributed by atoms with Gasteiger partial charge >= 0.3 is 5.97 Å². The van der Waals surface area contributed by atoms with Crippen molar-refractivity contribution in [2.75, 3.05) is 13.7 Å². The Balaban J connectivity index is 1.46. The molecule has 4 heteroatoms. The maximum Gasteiger partial charge on any atom is 0.338 e. The average molecular weight is 376 g/mol. The topological polar surface area (TPSA) is 44.8 Å². The minimum absolute atomic E-state index is 0.315. The van der Waals surface area contributed by atoms with Crippen molar-refractivity contribution in [3.8, 4) is 11.5 Å². The summed E-state index contributed by atoms with van der Waals surface area (Å²) in [5.74, 6) is 1.31. The lowest BCUT2D eigenvalue weighted by molar-refractivity contribution is 0.0597. The highest BCUT2D eigenvalue weighted by Gasteiger charge is 2.11. The summed E-state index contributed by atoms with van der Waals surface area (Å²) < 4.78 is 16.4. The number of carbonyl (C=O) groups is 1. The molecule has 3 rings (SSSR count). The molecule has 0 N–H and O–H groups in total. The number of benzene rings is 3. The molecule has 0 spiro atoms. The van der Waals surface area contributed by atoms with Gasteiger partial charge in [-0.05, 0) is 48.7 Å². The quantitative estimate of drug-likeness (QED) is 0.387. The average Bonchev–Trinajstić information content (AvgIpc) is 2.76. The maximum absolute atomic E-state index is 11.8. The van der Waals surface area contributed by atoms with Gasteiger partial charge in [0.05, 0.1) is 19.3 Å². The van der Waals surface area contributed by atoms with Crippen LogP contribution in [0.5, 0.6) is 11.5 Å². The zero-order chi connectivity index (χ0) is 19.6. The van der Waals surface area contributed by atoms with Crippen LogP contribution >= 0.6 is 0 Å². The molecule has 0 heterocycles. The summed E-state index contributed by atoms with van der Waals surface area (Å²) in [5.41, 5.74) is 2.57. The fourth-order valence-corrected chi connectivity index (χ4v) is 2.85.